The monoisotopic (exact) mass is 642 g/mol. The summed E-state index contributed by atoms with van der Waals surface area (Å²) in [5.41, 5.74) is 3.96. The summed E-state index contributed by atoms with van der Waals surface area (Å²) in [5, 5.41) is 13.5. The number of likely N-dealkylation sites (N-methyl/N-ethyl adjacent to an activating group) is 2. The molecule has 0 fully saturated rings. The van der Waals surface area contributed by atoms with Crippen molar-refractivity contribution >= 4 is 40.9 Å². The van der Waals surface area contributed by atoms with E-state index in [1.54, 1.807) is 24.2 Å². The number of carbonyl (C=O) groups is 3. The van der Waals surface area contributed by atoms with Gasteiger partial charge in [0, 0.05) is 57.6 Å². The number of thioether (sulfide) groups is 1. The number of hydrogen-bond donors (Lipinski definition) is 2. The second kappa shape index (κ2) is 19.9. The molecule has 0 saturated carbocycles. The first-order chi connectivity index (χ1) is 21.2. The van der Waals surface area contributed by atoms with Gasteiger partial charge in [-0.15, -0.1) is 11.8 Å². The van der Waals surface area contributed by atoms with Crippen molar-refractivity contribution in [2.45, 2.75) is 45.4 Å². The van der Waals surface area contributed by atoms with Crippen LogP contribution in [0.4, 0.5) is 20.2 Å². The van der Waals surface area contributed by atoms with E-state index < -0.39 is 23.6 Å². The maximum Gasteiger partial charge on any atom is 0.262 e. The second-order valence-electron chi connectivity index (χ2n) is 10.4. The van der Waals surface area contributed by atoms with Crippen molar-refractivity contribution in [1.82, 2.24) is 15.1 Å². The fourth-order valence-corrected chi connectivity index (χ4v) is 4.43. The van der Waals surface area contributed by atoms with Crippen molar-refractivity contribution in [1.29, 1.82) is 5.26 Å². The Morgan fingerprint density at radius 2 is 1.82 bits per heavy atom. The van der Waals surface area contributed by atoms with E-state index in [1.165, 1.54) is 47.0 Å². The molecule has 0 heterocycles. The molecule has 0 aliphatic carbocycles. The van der Waals surface area contributed by atoms with E-state index in [2.05, 4.69) is 30.4 Å². The number of benzene rings is 2. The predicted molar refractivity (Wildman–Crippen MR) is 179 cm³/mol. The van der Waals surface area contributed by atoms with E-state index in [1.807, 2.05) is 66.8 Å². The Morgan fingerprint density at radius 1 is 1.13 bits per heavy atom. The van der Waals surface area contributed by atoms with Crippen LogP contribution in [0.25, 0.3) is 0 Å². The first-order valence-corrected chi connectivity index (χ1v) is 15.5. The molecule has 0 aliphatic rings. The van der Waals surface area contributed by atoms with Crippen molar-refractivity contribution in [2.24, 2.45) is 0 Å². The minimum atomic E-state index is -2.80. The van der Waals surface area contributed by atoms with Crippen LogP contribution in [0.2, 0.25) is 0 Å². The van der Waals surface area contributed by atoms with Crippen LogP contribution in [0.1, 0.15) is 31.9 Å². The van der Waals surface area contributed by atoms with Gasteiger partial charge in [-0.05, 0) is 63.2 Å². The highest BCUT2D eigenvalue weighted by Gasteiger charge is 2.21. The van der Waals surface area contributed by atoms with E-state index in [0.29, 0.717) is 19.6 Å². The fraction of sp³-hybridized carbons (Fsp3) is 0.394. The highest BCUT2D eigenvalue weighted by Crippen LogP contribution is 2.20. The number of halogens is 2. The summed E-state index contributed by atoms with van der Waals surface area (Å²) in [6.07, 6.45) is 8.19. The number of nitriles is 1. The zero-order valence-corrected chi connectivity index (χ0v) is 27.8. The van der Waals surface area contributed by atoms with Crippen LogP contribution in [0.5, 0.6) is 0 Å². The van der Waals surface area contributed by atoms with Crippen LogP contribution in [0.15, 0.2) is 73.1 Å². The molecular weight excluding hydrogens is 598 g/mol. The molecule has 244 valence electrons. The highest BCUT2D eigenvalue weighted by molar-refractivity contribution is 8.00. The SMILES string of the molecule is CC(=O)NCC(C)(F)F.CCN(/C=C\C#N)C(=O)C(C=CNc1cccc(N(C)C(=O)CN(C)Cc2cccc(C)c2)c1)SC. The molecule has 0 saturated heterocycles. The van der Waals surface area contributed by atoms with E-state index in [0.717, 1.165) is 18.3 Å². The Kier molecular flexibility index (Phi) is 17.2. The zero-order valence-electron chi connectivity index (χ0n) is 27.0. The molecule has 2 rings (SSSR count). The third kappa shape index (κ3) is 15.9. The third-order valence-electron chi connectivity index (χ3n) is 6.17. The van der Waals surface area contributed by atoms with E-state index in [9.17, 15) is 23.2 Å². The van der Waals surface area contributed by atoms with Crippen LogP contribution in [-0.4, -0.2) is 78.7 Å². The van der Waals surface area contributed by atoms with Crippen molar-refractivity contribution in [3.8, 4) is 6.07 Å². The molecule has 1 atom stereocenters. The molecule has 9 nitrogen and oxygen atoms in total. The predicted octanol–water partition coefficient (Wildman–Crippen LogP) is 5.41. The number of nitrogens with zero attached hydrogens (tertiary/aromatic N) is 4. The first-order valence-electron chi connectivity index (χ1n) is 14.3. The molecule has 0 spiro atoms. The summed E-state index contributed by atoms with van der Waals surface area (Å²) in [6.45, 7) is 6.78. The molecule has 2 N–H and O–H groups in total. The highest BCUT2D eigenvalue weighted by atomic mass is 32.2. The maximum absolute atomic E-state index is 12.9. The van der Waals surface area contributed by atoms with Gasteiger partial charge < -0.3 is 20.4 Å². The minimum absolute atomic E-state index is 0.00373. The number of allylic oxidation sites excluding steroid dienone is 1. The normalized spacial score (nSPS) is 11.8. The average Bonchev–Trinajstić information content (AvgIpc) is 2.98. The summed E-state index contributed by atoms with van der Waals surface area (Å²) >= 11 is 1.42. The van der Waals surface area contributed by atoms with Crippen LogP contribution >= 0.6 is 11.8 Å². The van der Waals surface area contributed by atoms with E-state index in [4.69, 9.17) is 5.26 Å². The summed E-state index contributed by atoms with van der Waals surface area (Å²) in [4.78, 5) is 40.8. The Balaban J connectivity index is 0.000000975. The molecule has 2 aromatic rings. The molecule has 0 radical (unpaired) electrons. The maximum atomic E-state index is 12.9. The Bertz CT molecular complexity index is 1360. The lowest BCUT2D eigenvalue weighted by atomic mass is 10.1. The first kappa shape index (κ1) is 38.8. The van der Waals surface area contributed by atoms with Crippen molar-refractivity contribution < 1.29 is 23.2 Å². The molecule has 3 amide bonds. The van der Waals surface area contributed by atoms with Gasteiger partial charge in [0.2, 0.25) is 17.7 Å². The molecule has 45 heavy (non-hydrogen) atoms. The third-order valence-corrected chi connectivity index (χ3v) is 7.03. The van der Waals surface area contributed by atoms with Gasteiger partial charge in [0.25, 0.3) is 5.92 Å². The molecule has 0 aliphatic heterocycles. The molecular formula is C33H44F2N6O3S. The van der Waals surface area contributed by atoms with Gasteiger partial charge in [0.05, 0.1) is 19.2 Å². The van der Waals surface area contributed by atoms with Gasteiger partial charge in [0.15, 0.2) is 0 Å². The van der Waals surface area contributed by atoms with Gasteiger partial charge in [-0.1, -0.05) is 35.9 Å². The smallest absolute Gasteiger partial charge is 0.262 e. The lowest BCUT2D eigenvalue weighted by Crippen LogP contribution is -2.36. The van der Waals surface area contributed by atoms with Crippen molar-refractivity contribution in [2.75, 3.05) is 50.2 Å². The van der Waals surface area contributed by atoms with Crippen LogP contribution < -0.4 is 15.5 Å². The number of aryl methyl sites for hydroxylation is 1. The summed E-state index contributed by atoms with van der Waals surface area (Å²) in [6, 6.07) is 17.8. The Morgan fingerprint density at radius 3 is 2.38 bits per heavy atom. The van der Waals surface area contributed by atoms with Crippen LogP contribution in [0.3, 0.4) is 0 Å². The number of hydrogen-bond acceptors (Lipinski definition) is 7. The second-order valence-corrected chi connectivity index (χ2v) is 11.4. The minimum Gasteiger partial charge on any atom is -0.362 e. The molecule has 12 heteroatoms. The summed E-state index contributed by atoms with van der Waals surface area (Å²) < 4.78 is 23.7. The molecule has 1 unspecified atom stereocenters. The van der Waals surface area contributed by atoms with E-state index >= 15 is 0 Å². The Labute approximate surface area is 269 Å². The molecule has 0 aromatic heterocycles. The standard InChI is InChI=1S/C28H35N5O2S.C5H9F2NO/c1-6-33(17-9-15-29)28(35)26(36-5)14-16-30-24-12-8-13-25(19-24)32(4)27(34)21-31(3)20-23-11-7-10-22(2)18-23;1-4(9)8-3-5(2,6)7/h7-14,16-19,26,30H,6,20-21H2,1-5H3;3H2,1-2H3,(H,8,9)/b16-14?,17-9-;. The van der Waals surface area contributed by atoms with Gasteiger partial charge in [-0.25, -0.2) is 8.78 Å². The van der Waals surface area contributed by atoms with E-state index in [-0.39, 0.29) is 11.8 Å². The number of carbonyl (C=O) groups excluding carboxylic acids is 3. The van der Waals surface area contributed by atoms with Crippen molar-refractivity contribution in [3.05, 3.63) is 84.2 Å². The number of amides is 3. The molecule has 0 bridgehead atoms. The Hall–Kier alpha value is -4.21. The zero-order chi connectivity index (χ0) is 34.0. The van der Waals surface area contributed by atoms with Crippen LogP contribution in [0, 0.1) is 18.3 Å². The van der Waals surface area contributed by atoms with Crippen molar-refractivity contribution in [3.63, 3.8) is 0 Å². The van der Waals surface area contributed by atoms with Gasteiger partial charge in [0.1, 0.15) is 5.25 Å². The van der Waals surface area contributed by atoms with Gasteiger partial charge in [-0.3, -0.25) is 19.3 Å². The van der Waals surface area contributed by atoms with Gasteiger partial charge >= 0.3 is 0 Å². The number of alkyl halides is 2. The lowest BCUT2D eigenvalue weighted by Gasteiger charge is -2.22. The lowest BCUT2D eigenvalue weighted by molar-refractivity contribution is -0.127. The average molecular weight is 643 g/mol. The number of rotatable bonds is 14. The summed E-state index contributed by atoms with van der Waals surface area (Å²) in [5.74, 6) is -3.33. The van der Waals surface area contributed by atoms with Crippen LogP contribution in [-0.2, 0) is 20.9 Å². The fourth-order valence-electron chi connectivity index (χ4n) is 3.86. The quantitative estimate of drug-likeness (QED) is 0.265. The largest absolute Gasteiger partial charge is 0.362 e. The topological polar surface area (TPSA) is 109 Å². The number of anilines is 2. The van der Waals surface area contributed by atoms with Gasteiger partial charge in [-0.2, -0.15) is 5.26 Å². The number of nitrogens with one attached hydrogen (secondary N) is 2. The molecule has 2 aromatic carbocycles. The summed E-state index contributed by atoms with van der Waals surface area (Å²) in [7, 11) is 3.71.